The molecular weight excluding hydrogens is 290 g/mol. The van der Waals surface area contributed by atoms with Crippen molar-refractivity contribution in [2.75, 3.05) is 0 Å². The van der Waals surface area contributed by atoms with Gasteiger partial charge in [0.25, 0.3) is 0 Å². The van der Waals surface area contributed by atoms with Gasteiger partial charge in [0.15, 0.2) is 0 Å². The highest BCUT2D eigenvalue weighted by Gasteiger charge is 2.14. The van der Waals surface area contributed by atoms with Crippen molar-refractivity contribution >= 4 is 23.7 Å². The summed E-state index contributed by atoms with van der Waals surface area (Å²) in [7, 11) is 0. The van der Waals surface area contributed by atoms with Crippen LogP contribution in [-0.4, -0.2) is 22.2 Å². The molecule has 2 rings (SSSR count). The summed E-state index contributed by atoms with van der Waals surface area (Å²) in [6.45, 7) is 0. The van der Waals surface area contributed by atoms with Gasteiger partial charge in [0.05, 0.1) is 22.8 Å². The lowest BCUT2D eigenvalue weighted by Crippen LogP contribution is -2.03. The van der Waals surface area contributed by atoms with Gasteiger partial charge in [-0.05, 0) is 42.5 Å². The summed E-state index contributed by atoms with van der Waals surface area (Å²) in [4.78, 5) is 23.3. The molecule has 5 nitrogen and oxygen atoms in total. The molecule has 0 atom stereocenters. The number of nitriles is 1. The first kappa shape index (κ1) is 14.6. The summed E-state index contributed by atoms with van der Waals surface area (Å²) in [5.41, 5.74) is 0.375. The van der Waals surface area contributed by atoms with Crippen molar-refractivity contribution in [3.8, 4) is 6.07 Å². The van der Waals surface area contributed by atoms with E-state index in [4.69, 9.17) is 10.4 Å². The summed E-state index contributed by atoms with van der Waals surface area (Å²) in [6, 6.07) is 12.6. The molecule has 0 fully saturated rings. The molecule has 2 aromatic rings. The third kappa shape index (κ3) is 3.41. The first-order chi connectivity index (χ1) is 10.0. The van der Waals surface area contributed by atoms with E-state index < -0.39 is 11.9 Å². The maximum atomic E-state index is 11.2. The second-order valence-corrected chi connectivity index (χ2v) is 5.17. The Labute approximate surface area is 124 Å². The molecule has 0 heterocycles. The number of carbonyl (C=O) groups is 2. The fraction of sp³-hybridized carbons (Fsp3) is 0. The van der Waals surface area contributed by atoms with Gasteiger partial charge in [-0.2, -0.15) is 5.26 Å². The third-order valence-electron chi connectivity index (χ3n) is 2.67. The van der Waals surface area contributed by atoms with E-state index in [0.717, 1.165) is 11.0 Å². The van der Waals surface area contributed by atoms with E-state index in [1.807, 2.05) is 6.07 Å². The van der Waals surface area contributed by atoms with E-state index in [-0.39, 0.29) is 11.1 Å². The fourth-order valence-electron chi connectivity index (χ4n) is 1.64. The van der Waals surface area contributed by atoms with Gasteiger partial charge in [-0.25, -0.2) is 9.59 Å². The minimum Gasteiger partial charge on any atom is -0.478 e. The summed E-state index contributed by atoms with van der Waals surface area (Å²) in [5, 5.41) is 26.8. The van der Waals surface area contributed by atoms with Crippen LogP contribution in [0.5, 0.6) is 0 Å². The van der Waals surface area contributed by atoms with Gasteiger partial charge < -0.3 is 10.2 Å². The minimum atomic E-state index is -1.19. The van der Waals surface area contributed by atoms with Crippen LogP contribution in [0.4, 0.5) is 0 Å². The molecule has 104 valence electrons. The monoisotopic (exact) mass is 299 g/mol. The first-order valence-electron chi connectivity index (χ1n) is 5.80. The molecule has 0 bridgehead atoms. The second kappa shape index (κ2) is 6.11. The van der Waals surface area contributed by atoms with Crippen molar-refractivity contribution in [1.29, 1.82) is 5.26 Å². The Balaban J connectivity index is 2.36. The van der Waals surface area contributed by atoms with Gasteiger partial charge >= 0.3 is 11.9 Å². The van der Waals surface area contributed by atoms with Crippen LogP contribution in [0, 0.1) is 11.3 Å². The number of aromatic carboxylic acids is 2. The lowest BCUT2D eigenvalue weighted by Gasteiger charge is -2.07. The average molecular weight is 299 g/mol. The van der Waals surface area contributed by atoms with E-state index >= 15 is 0 Å². The highest BCUT2D eigenvalue weighted by molar-refractivity contribution is 7.99. The number of hydrogen-bond donors (Lipinski definition) is 2. The zero-order chi connectivity index (χ0) is 15.4. The molecule has 0 aliphatic rings. The maximum Gasteiger partial charge on any atom is 0.336 e. The molecule has 0 aliphatic heterocycles. The Morgan fingerprint density at radius 3 is 2.19 bits per heavy atom. The Morgan fingerprint density at radius 2 is 1.67 bits per heavy atom. The van der Waals surface area contributed by atoms with Crippen LogP contribution in [0.2, 0.25) is 0 Å². The number of carboxylic acid groups (broad SMARTS) is 2. The van der Waals surface area contributed by atoms with Crippen molar-refractivity contribution in [3.05, 3.63) is 59.2 Å². The van der Waals surface area contributed by atoms with E-state index in [1.54, 1.807) is 24.3 Å². The molecule has 0 aliphatic carbocycles. The largest absolute Gasteiger partial charge is 0.478 e. The van der Waals surface area contributed by atoms with Crippen LogP contribution in [0.1, 0.15) is 26.3 Å². The van der Waals surface area contributed by atoms with Gasteiger partial charge in [0, 0.05) is 9.79 Å². The van der Waals surface area contributed by atoms with Crippen molar-refractivity contribution < 1.29 is 19.8 Å². The number of rotatable bonds is 4. The fourth-order valence-corrected chi connectivity index (χ4v) is 2.56. The second-order valence-electron chi connectivity index (χ2n) is 4.06. The zero-order valence-electron chi connectivity index (χ0n) is 10.6. The Bertz CT molecular complexity index is 747. The molecule has 0 saturated carbocycles. The Morgan fingerprint density at radius 1 is 1.00 bits per heavy atom. The zero-order valence-corrected chi connectivity index (χ0v) is 11.4. The Hall–Kier alpha value is -2.78. The standard InChI is InChI=1S/C15H9NO4S/c16-8-9-1-4-11(5-2-9)21-13-6-3-10(14(17)18)7-12(13)15(19)20/h1-7H,(H,17,18)(H,19,20). The highest BCUT2D eigenvalue weighted by atomic mass is 32.2. The number of nitrogens with zero attached hydrogens (tertiary/aromatic N) is 1. The SMILES string of the molecule is N#Cc1ccc(Sc2ccc(C(=O)O)cc2C(=O)O)cc1. The maximum absolute atomic E-state index is 11.2. The van der Waals surface area contributed by atoms with E-state index in [9.17, 15) is 14.7 Å². The molecule has 0 saturated heterocycles. The smallest absolute Gasteiger partial charge is 0.336 e. The minimum absolute atomic E-state index is 0.0655. The van der Waals surface area contributed by atoms with Crippen LogP contribution in [0.25, 0.3) is 0 Å². The highest BCUT2D eigenvalue weighted by Crippen LogP contribution is 2.31. The molecule has 2 aromatic carbocycles. The Kier molecular flexibility index (Phi) is 4.26. The van der Waals surface area contributed by atoms with E-state index in [2.05, 4.69) is 0 Å². The lowest BCUT2D eigenvalue weighted by molar-refractivity contribution is 0.0693. The summed E-state index contributed by atoms with van der Waals surface area (Å²) < 4.78 is 0. The number of carboxylic acids is 2. The molecule has 0 aromatic heterocycles. The molecule has 2 N–H and O–H groups in total. The molecule has 6 heteroatoms. The molecule has 0 unspecified atom stereocenters. The molecule has 0 amide bonds. The lowest BCUT2D eigenvalue weighted by atomic mass is 10.1. The summed E-state index contributed by atoms with van der Waals surface area (Å²) in [5.74, 6) is -2.36. The van der Waals surface area contributed by atoms with Crippen LogP contribution in [0.15, 0.2) is 52.3 Å². The van der Waals surface area contributed by atoms with E-state index in [0.29, 0.717) is 10.5 Å². The normalized spacial score (nSPS) is 9.86. The number of hydrogen-bond acceptors (Lipinski definition) is 4. The molecular formula is C15H9NO4S. The quantitative estimate of drug-likeness (QED) is 0.900. The van der Waals surface area contributed by atoms with Crippen LogP contribution >= 0.6 is 11.8 Å². The van der Waals surface area contributed by atoms with Gasteiger partial charge in [0.2, 0.25) is 0 Å². The van der Waals surface area contributed by atoms with Crippen LogP contribution < -0.4 is 0 Å². The average Bonchev–Trinajstić information content (AvgIpc) is 2.48. The molecule has 0 spiro atoms. The molecule has 21 heavy (non-hydrogen) atoms. The van der Waals surface area contributed by atoms with Gasteiger partial charge in [-0.3, -0.25) is 0 Å². The third-order valence-corrected chi connectivity index (χ3v) is 3.75. The summed E-state index contributed by atoms with van der Waals surface area (Å²) >= 11 is 1.20. The predicted octanol–water partition coefficient (Wildman–Crippen LogP) is 3.11. The first-order valence-corrected chi connectivity index (χ1v) is 6.61. The van der Waals surface area contributed by atoms with Crippen molar-refractivity contribution in [1.82, 2.24) is 0 Å². The summed E-state index contributed by atoms with van der Waals surface area (Å²) in [6.07, 6.45) is 0. The van der Waals surface area contributed by atoms with Crippen molar-refractivity contribution in [2.24, 2.45) is 0 Å². The van der Waals surface area contributed by atoms with Crippen LogP contribution in [-0.2, 0) is 0 Å². The number of benzene rings is 2. The van der Waals surface area contributed by atoms with Crippen molar-refractivity contribution in [3.63, 3.8) is 0 Å². The predicted molar refractivity (Wildman–Crippen MR) is 75.6 cm³/mol. The van der Waals surface area contributed by atoms with Gasteiger partial charge in [-0.1, -0.05) is 11.8 Å². The van der Waals surface area contributed by atoms with Crippen molar-refractivity contribution in [2.45, 2.75) is 9.79 Å². The van der Waals surface area contributed by atoms with E-state index in [1.165, 1.54) is 23.9 Å². The van der Waals surface area contributed by atoms with Gasteiger partial charge in [0.1, 0.15) is 0 Å². The topological polar surface area (TPSA) is 98.4 Å². The van der Waals surface area contributed by atoms with Crippen LogP contribution in [0.3, 0.4) is 0 Å². The molecule has 0 radical (unpaired) electrons. The van der Waals surface area contributed by atoms with Gasteiger partial charge in [-0.15, -0.1) is 0 Å².